The quantitative estimate of drug-likeness (QED) is 0.584. The maximum Gasteiger partial charge on any atom is -0.0414 e. The third-order valence-corrected chi connectivity index (χ3v) is 3.63. The summed E-state index contributed by atoms with van der Waals surface area (Å²) in [5, 5.41) is 0. The molecule has 0 aromatic carbocycles. The molecule has 1 aliphatic rings. The van der Waals surface area contributed by atoms with Gasteiger partial charge in [-0.3, -0.25) is 0 Å². The predicted octanol–water partition coefficient (Wildman–Crippen LogP) is 5.17. The molecule has 1 aliphatic carbocycles. The second-order valence-corrected chi connectivity index (χ2v) is 5.54. The van der Waals surface area contributed by atoms with Crippen molar-refractivity contribution in [1.29, 1.82) is 0 Å². The molecule has 0 saturated heterocycles. The first-order valence-electron chi connectivity index (χ1n) is 6.79. The van der Waals surface area contributed by atoms with Crippen molar-refractivity contribution in [2.45, 2.75) is 78.1 Å². The van der Waals surface area contributed by atoms with E-state index in [0.29, 0.717) is 0 Å². The first-order valence-corrected chi connectivity index (χ1v) is 6.79. The monoisotopic (exact) mass is 196 g/mol. The fraction of sp³-hybridized carbons (Fsp3) is 1.00. The highest BCUT2D eigenvalue weighted by Crippen LogP contribution is 2.26. The molecule has 1 fully saturated rings. The van der Waals surface area contributed by atoms with Crippen molar-refractivity contribution in [3.63, 3.8) is 0 Å². The van der Waals surface area contributed by atoms with Crippen LogP contribution in [0, 0.1) is 11.8 Å². The molecule has 0 bridgehead atoms. The Morgan fingerprint density at radius 2 is 1.36 bits per heavy atom. The minimum Gasteiger partial charge on any atom is -0.0628 e. The lowest BCUT2D eigenvalue weighted by molar-refractivity contribution is 0.365. The Bertz CT molecular complexity index is 116. The molecule has 0 heterocycles. The predicted molar refractivity (Wildman–Crippen MR) is 64.5 cm³/mol. The van der Waals surface area contributed by atoms with E-state index in [2.05, 4.69) is 13.8 Å². The smallest absolute Gasteiger partial charge is 0.0414 e. The zero-order chi connectivity index (χ0) is 10.2. The van der Waals surface area contributed by atoms with Crippen LogP contribution < -0.4 is 0 Å². The average Bonchev–Trinajstić information content (AvgIpc) is 2.27. The van der Waals surface area contributed by atoms with Crippen LogP contribution in [0.5, 0.6) is 0 Å². The third kappa shape index (κ3) is 5.67. The molecule has 84 valence electrons. The van der Waals surface area contributed by atoms with E-state index in [1.165, 1.54) is 64.2 Å². The van der Waals surface area contributed by atoms with Crippen LogP contribution in [0.3, 0.4) is 0 Å². The largest absolute Gasteiger partial charge is 0.0628 e. The van der Waals surface area contributed by atoms with Crippen LogP contribution in [0.2, 0.25) is 0 Å². The molecule has 1 saturated carbocycles. The van der Waals surface area contributed by atoms with Crippen LogP contribution in [0.25, 0.3) is 0 Å². The summed E-state index contributed by atoms with van der Waals surface area (Å²) in [5.74, 6) is 1.97. The van der Waals surface area contributed by atoms with Crippen LogP contribution >= 0.6 is 0 Å². The fourth-order valence-electron chi connectivity index (χ4n) is 2.58. The molecule has 0 amide bonds. The molecular formula is C14H28. The number of hydrogen-bond acceptors (Lipinski definition) is 0. The Morgan fingerprint density at radius 1 is 0.857 bits per heavy atom. The third-order valence-electron chi connectivity index (χ3n) is 3.63. The van der Waals surface area contributed by atoms with E-state index >= 15 is 0 Å². The zero-order valence-electron chi connectivity index (χ0n) is 10.2. The summed E-state index contributed by atoms with van der Waals surface area (Å²) in [6.45, 7) is 4.71. The lowest BCUT2D eigenvalue weighted by atomic mass is 9.90. The molecule has 0 radical (unpaired) electrons. The van der Waals surface area contributed by atoms with E-state index in [0.717, 1.165) is 11.8 Å². The summed E-state index contributed by atoms with van der Waals surface area (Å²) in [6.07, 6.45) is 15.0. The Hall–Kier alpha value is 0. The highest BCUT2D eigenvalue weighted by Gasteiger charge is 2.10. The first kappa shape index (κ1) is 12.1. The van der Waals surface area contributed by atoms with Crippen molar-refractivity contribution >= 4 is 0 Å². The van der Waals surface area contributed by atoms with Crippen molar-refractivity contribution in [2.24, 2.45) is 11.8 Å². The summed E-state index contributed by atoms with van der Waals surface area (Å²) < 4.78 is 0. The van der Waals surface area contributed by atoms with Crippen LogP contribution in [0.4, 0.5) is 0 Å². The van der Waals surface area contributed by atoms with Gasteiger partial charge in [0.05, 0.1) is 0 Å². The van der Waals surface area contributed by atoms with Crippen LogP contribution in [0.15, 0.2) is 0 Å². The van der Waals surface area contributed by atoms with Crippen molar-refractivity contribution in [3.05, 3.63) is 0 Å². The molecule has 0 atom stereocenters. The normalized spacial score (nSPS) is 21.6. The lowest BCUT2D eigenvalue weighted by Crippen LogP contribution is -2.02. The molecule has 0 aromatic heterocycles. The van der Waals surface area contributed by atoms with Crippen molar-refractivity contribution in [2.75, 3.05) is 0 Å². The van der Waals surface area contributed by atoms with Crippen molar-refractivity contribution < 1.29 is 0 Å². The summed E-state index contributed by atoms with van der Waals surface area (Å²) in [7, 11) is 0. The van der Waals surface area contributed by atoms with Gasteiger partial charge in [0.25, 0.3) is 0 Å². The Balaban J connectivity index is 2.18. The fourth-order valence-corrected chi connectivity index (χ4v) is 2.58. The van der Waals surface area contributed by atoms with Gasteiger partial charge < -0.3 is 0 Å². The van der Waals surface area contributed by atoms with Gasteiger partial charge in [0.15, 0.2) is 0 Å². The second-order valence-electron chi connectivity index (χ2n) is 5.54. The zero-order valence-corrected chi connectivity index (χ0v) is 10.2. The molecule has 0 spiro atoms. The molecular weight excluding hydrogens is 168 g/mol. The summed E-state index contributed by atoms with van der Waals surface area (Å²) in [6, 6.07) is 0. The SMILES string of the molecule is CC(C)CCC1CCCCCCCC1. The van der Waals surface area contributed by atoms with Crippen molar-refractivity contribution in [3.8, 4) is 0 Å². The van der Waals surface area contributed by atoms with Gasteiger partial charge in [-0.1, -0.05) is 78.1 Å². The van der Waals surface area contributed by atoms with E-state index < -0.39 is 0 Å². The van der Waals surface area contributed by atoms with Gasteiger partial charge in [-0.15, -0.1) is 0 Å². The summed E-state index contributed by atoms with van der Waals surface area (Å²) >= 11 is 0. The maximum atomic E-state index is 2.36. The highest BCUT2D eigenvalue weighted by molar-refractivity contribution is 4.64. The summed E-state index contributed by atoms with van der Waals surface area (Å²) in [5.41, 5.74) is 0. The van der Waals surface area contributed by atoms with Crippen LogP contribution in [-0.4, -0.2) is 0 Å². The topological polar surface area (TPSA) is 0 Å². The highest BCUT2D eigenvalue weighted by atomic mass is 14.2. The van der Waals surface area contributed by atoms with Gasteiger partial charge in [-0.25, -0.2) is 0 Å². The molecule has 0 aliphatic heterocycles. The van der Waals surface area contributed by atoms with Crippen LogP contribution in [0.1, 0.15) is 78.1 Å². The standard InChI is InChI=1S/C14H28/c1-13(2)11-12-14-9-7-5-3-4-6-8-10-14/h13-14H,3-12H2,1-2H3. The van der Waals surface area contributed by atoms with Crippen molar-refractivity contribution in [1.82, 2.24) is 0 Å². The van der Waals surface area contributed by atoms with E-state index in [9.17, 15) is 0 Å². The molecule has 0 nitrogen and oxygen atoms in total. The van der Waals surface area contributed by atoms with Crippen LogP contribution in [-0.2, 0) is 0 Å². The average molecular weight is 196 g/mol. The molecule has 0 N–H and O–H groups in total. The van der Waals surface area contributed by atoms with E-state index in [4.69, 9.17) is 0 Å². The Morgan fingerprint density at radius 3 is 1.86 bits per heavy atom. The maximum absolute atomic E-state index is 2.36. The Labute approximate surface area is 90.5 Å². The van der Waals surface area contributed by atoms with Gasteiger partial charge >= 0.3 is 0 Å². The number of rotatable bonds is 3. The molecule has 0 aromatic rings. The van der Waals surface area contributed by atoms with Gasteiger partial charge in [0.1, 0.15) is 0 Å². The van der Waals surface area contributed by atoms with Gasteiger partial charge in [-0.2, -0.15) is 0 Å². The molecule has 0 unspecified atom stereocenters. The Kier molecular flexibility index (Phi) is 6.31. The van der Waals surface area contributed by atoms with Gasteiger partial charge in [0, 0.05) is 0 Å². The number of hydrogen-bond donors (Lipinski definition) is 0. The molecule has 0 heteroatoms. The first-order chi connectivity index (χ1) is 6.79. The summed E-state index contributed by atoms with van der Waals surface area (Å²) in [4.78, 5) is 0. The van der Waals surface area contributed by atoms with E-state index in [1.807, 2.05) is 0 Å². The molecule has 1 rings (SSSR count). The van der Waals surface area contributed by atoms with E-state index in [-0.39, 0.29) is 0 Å². The van der Waals surface area contributed by atoms with Gasteiger partial charge in [0.2, 0.25) is 0 Å². The minimum atomic E-state index is 0.905. The second kappa shape index (κ2) is 7.31. The minimum absolute atomic E-state index is 0.905. The lowest BCUT2D eigenvalue weighted by Gasteiger charge is -2.16. The van der Waals surface area contributed by atoms with E-state index in [1.54, 1.807) is 0 Å². The van der Waals surface area contributed by atoms with Gasteiger partial charge in [-0.05, 0) is 11.8 Å². The molecule has 14 heavy (non-hydrogen) atoms.